The molecule has 1 saturated heterocycles. The van der Waals surface area contributed by atoms with Gasteiger partial charge in [-0.2, -0.15) is 0 Å². The number of rotatable bonds is 7. The largest absolute Gasteiger partial charge is 0.326 e. The molecule has 30 heavy (non-hydrogen) atoms. The van der Waals surface area contributed by atoms with Gasteiger partial charge in [0.15, 0.2) is 5.54 Å². The SMILES string of the molecule is CN(Cc1ccc(Br)s1)CN1C(=O)N[C@@](Cc2ccccc2)(c2ccccc2)C1=O. The first-order chi connectivity index (χ1) is 14.5. The van der Waals surface area contributed by atoms with Crippen LogP contribution in [0.4, 0.5) is 4.79 Å². The number of hydrogen-bond donors (Lipinski definition) is 1. The number of carbonyl (C=O) groups is 2. The van der Waals surface area contributed by atoms with Crippen LogP contribution in [0.25, 0.3) is 0 Å². The molecule has 1 fully saturated rings. The summed E-state index contributed by atoms with van der Waals surface area (Å²) in [4.78, 5) is 31.0. The molecule has 0 saturated carbocycles. The number of urea groups is 1. The van der Waals surface area contributed by atoms with E-state index in [1.54, 1.807) is 11.3 Å². The van der Waals surface area contributed by atoms with Crippen molar-refractivity contribution in [1.82, 2.24) is 15.1 Å². The van der Waals surface area contributed by atoms with Crippen LogP contribution in [-0.4, -0.2) is 35.5 Å². The number of thiophene rings is 1. The van der Waals surface area contributed by atoms with Crippen molar-refractivity contribution >= 4 is 39.2 Å². The number of benzene rings is 2. The Morgan fingerprint density at radius 3 is 2.30 bits per heavy atom. The number of nitrogens with zero attached hydrogens (tertiary/aromatic N) is 2. The maximum Gasteiger partial charge on any atom is 0.326 e. The van der Waals surface area contributed by atoms with Crippen LogP contribution in [0.5, 0.6) is 0 Å². The van der Waals surface area contributed by atoms with Crippen molar-refractivity contribution < 1.29 is 9.59 Å². The summed E-state index contributed by atoms with van der Waals surface area (Å²) in [5.41, 5.74) is 0.681. The summed E-state index contributed by atoms with van der Waals surface area (Å²) in [5, 5.41) is 3.01. The lowest BCUT2D eigenvalue weighted by atomic mass is 9.83. The highest BCUT2D eigenvalue weighted by molar-refractivity contribution is 9.11. The van der Waals surface area contributed by atoms with Gasteiger partial charge < -0.3 is 5.32 Å². The molecule has 0 bridgehead atoms. The summed E-state index contributed by atoms with van der Waals surface area (Å²) in [6.45, 7) is 0.883. The molecule has 2 aromatic carbocycles. The number of hydrogen-bond acceptors (Lipinski definition) is 4. The molecule has 1 aliphatic heterocycles. The molecule has 2 heterocycles. The first kappa shape index (κ1) is 20.8. The van der Waals surface area contributed by atoms with Gasteiger partial charge >= 0.3 is 6.03 Å². The molecule has 154 valence electrons. The zero-order chi connectivity index (χ0) is 21.1. The predicted molar refractivity (Wildman–Crippen MR) is 122 cm³/mol. The number of amides is 3. The molecule has 3 aromatic rings. The van der Waals surface area contributed by atoms with Crippen molar-refractivity contribution in [1.29, 1.82) is 0 Å². The molecule has 1 aliphatic rings. The van der Waals surface area contributed by atoms with Crippen LogP contribution in [0, 0.1) is 0 Å². The Morgan fingerprint density at radius 1 is 1.00 bits per heavy atom. The molecule has 0 aliphatic carbocycles. The van der Waals surface area contributed by atoms with Gasteiger partial charge in [0, 0.05) is 17.8 Å². The number of halogens is 1. The molecule has 4 rings (SSSR count). The molecule has 0 spiro atoms. The molecular weight excluding hydrogens is 462 g/mol. The molecular formula is C23H22BrN3O2S. The summed E-state index contributed by atoms with van der Waals surface area (Å²) in [7, 11) is 1.91. The Balaban J connectivity index is 1.60. The quantitative estimate of drug-likeness (QED) is 0.500. The fourth-order valence-electron chi connectivity index (χ4n) is 3.79. The predicted octanol–water partition coefficient (Wildman–Crippen LogP) is 4.59. The first-order valence-electron chi connectivity index (χ1n) is 9.64. The van der Waals surface area contributed by atoms with E-state index >= 15 is 0 Å². The molecule has 0 unspecified atom stereocenters. The fraction of sp³-hybridized carbons (Fsp3) is 0.217. The Hall–Kier alpha value is -2.48. The monoisotopic (exact) mass is 483 g/mol. The van der Waals surface area contributed by atoms with Gasteiger partial charge in [-0.25, -0.2) is 9.69 Å². The van der Waals surface area contributed by atoms with Gasteiger partial charge in [-0.05, 0) is 46.2 Å². The lowest BCUT2D eigenvalue weighted by Crippen LogP contribution is -2.46. The van der Waals surface area contributed by atoms with Crippen molar-refractivity contribution in [2.75, 3.05) is 13.7 Å². The van der Waals surface area contributed by atoms with Crippen molar-refractivity contribution in [3.05, 3.63) is 92.6 Å². The Bertz CT molecular complexity index is 1040. The van der Waals surface area contributed by atoms with E-state index in [-0.39, 0.29) is 18.6 Å². The van der Waals surface area contributed by atoms with Crippen LogP contribution < -0.4 is 5.32 Å². The van der Waals surface area contributed by atoms with E-state index in [1.165, 1.54) is 4.90 Å². The van der Waals surface area contributed by atoms with Crippen molar-refractivity contribution in [3.8, 4) is 0 Å². The molecule has 1 N–H and O–H groups in total. The molecule has 7 heteroatoms. The van der Waals surface area contributed by atoms with E-state index in [4.69, 9.17) is 0 Å². The summed E-state index contributed by atoms with van der Waals surface area (Å²) in [6.07, 6.45) is 0.403. The highest BCUT2D eigenvalue weighted by Crippen LogP contribution is 2.33. The van der Waals surface area contributed by atoms with Gasteiger partial charge in [0.05, 0.1) is 10.5 Å². The third-order valence-electron chi connectivity index (χ3n) is 5.19. The van der Waals surface area contributed by atoms with Crippen LogP contribution in [0.1, 0.15) is 16.0 Å². The highest BCUT2D eigenvalue weighted by Gasteiger charge is 2.52. The zero-order valence-corrected chi connectivity index (χ0v) is 18.9. The second kappa shape index (κ2) is 8.71. The van der Waals surface area contributed by atoms with Crippen molar-refractivity contribution in [2.24, 2.45) is 0 Å². The standard InChI is InChI=1S/C23H22BrN3O2S/c1-26(15-19-12-13-20(24)30-19)16-27-21(28)23(25-22(27)29,18-10-6-3-7-11-18)14-17-8-4-2-5-9-17/h2-13H,14-16H2,1H3,(H,25,29)/t23-/m0/s1. The average molecular weight is 484 g/mol. The molecule has 3 amide bonds. The minimum atomic E-state index is -1.10. The van der Waals surface area contributed by atoms with Gasteiger partial charge in [0.2, 0.25) is 0 Å². The third kappa shape index (κ3) is 4.19. The van der Waals surface area contributed by atoms with Crippen LogP contribution in [0.3, 0.4) is 0 Å². The summed E-state index contributed by atoms with van der Waals surface area (Å²) in [6, 6.07) is 23.0. The van der Waals surface area contributed by atoms with Crippen LogP contribution in [-0.2, 0) is 23.3 Å². The van der Waals surface area contributed by atoms with Crippen LogP contribution >= 0.6 is 27.3 Å². The lowest BCUT2D eigenvalue weighted by Gasteiger charge is -2.28. The highest BCUT2D eigenvalue weighted by atomic mass is 79.9. The smallest absolute Gasteiger partial charge is 0.319 e. The van der Waals surface area contributed by atoms with E-state index in [0.717, 1.165) is 19.8 Å². The van der Waals surface area contributed by atoms with Crippen LogP contribution in [0.15, 0.2) is 76.6 Å². The van der Waals surface area contributed by atoms with Crippen molar-refractivity contribution in [3.63, 3.8) is 0 Å². The van der Waals surface area contributed by atoms with Crippen molar-refractivity contribution in [2.45, 2.75) is 18.5 Å². The Labute approximate surface area is 188 Å². The summed E-state index contributed by atoms with van der Waals surface area (Å²) in [5.74, 6) is -0.221. The minimum absolute atomic E-state index is 0.221. The van der Waals surface area contributed by atoms with E-state index in [9.17, 15) is 9.59 Å². The van der Waals surface area contributed by atoms with Gasteiger partial charge in [0.25, 0.3) is 5.91 Å². The summed E-state index contributed by atoms with van der Waals surface area (Å²) >= 11 is 5.12. The topological polar surface area (TPSA) is 52.6 Å². The van der Waals surface area contributed by atoms with E-state index in [0.29, 0.717) is 13.0 Å². The van der Waals surface area contributed by atoms with E-state index in [2.05, 4.69) is 21.2 Å². The maximum atomic E-state index is 13.6. The third-order valence-corrected chi connectivity index (χ3v) is 6.80. The molecule has 1 aromatic heterocycles. The number of carbonyl (C=O) groups excluding carboxylic acids is 2. The molecule has 0 radical (unpaired) electrons. The Kier molecular flexibility index (Phi) is 6.04. The average Bonchev–Trinajstić information content (AvgIpc) is 3.25. The lowest BCUT2D eigenvalue weighted by molar-refractivity contribution is -0.133. The Morgan fingerprint density at radius 2 is 1.67 bits per heavy atom. The number of nitrogens with one attached hydrogen (secondary N) is 1. The van der Waals surface area contributed by atoms with Gasteiger partial charge in [-0.1, -0.05) is 60.7 Å². The van der Waals surface area contributed by atoms with Gasteiger partial charge in [-0.3, -0.25) is 9.69 Å². The van der Waals surface area contributed by atoms with Crippen LogP contribution in [0.2, 0.25) is 0 Å². The normalized spacial score (nSPS) is 18.8. The summed E-state index contributed by atoms with van der Waals surface area (Å²) < 4.78 is 1.06. The van der Waals surface area contributed by atoms with Gasteiger partial charge in [-0.15, -0.1) is 11.3 Å². The maximum absolute atomic E-state index is 13.6. The van der Waals surface area contributed by atoms with E-state index in [1.807, 2.05) is 84.7 Å². The fourth-order valence-corrected chi connectivity index (χ4v) is 5.35. The molecule has 1 atom stereocenters. The zero-order valence-electron chi connectivity index (χ0n) is 16.5. The second-order valence-electron chi connectivity index (χ2n) is 7.46. The second-order valence-corrected chi connectivity index (χ2v) is 10.0. The molecule has 5 nitrogen and oxygen atoms in total. The first-order valence-corrected chi connectivity index (χ1v) is 11.3. The van der Waals surface area contributed by atoms with E-state index < -0.39 is 5.54 Å². The minimum Gasteiger partial charge on any atom is -0.319 e. The van der Waals surface area contributed by atoms with Gasteiger partial charge in [0.1, 0.15) is 0 Å². The number of imide groups is 1.